The molecule has 1 amide bonds. The Morgan fingerprint density at radius 1 is 0.904 bits per heavy atom. The van der Waals surface area contributed by atoms with Crippen molar-refractivity contribution < 1.29 is 45.4 Å². The number of aromatic nitrogens is 2. The molecule has 0 spiro atoms. The summed E-state index contributed by atoms with van der Waals surface area (Å²) in [5.41, 5.74) is -2.21. The first-order valence-corrected chi connectivity index (χ1v) is 17.8. The molecule has 2 aromatic rings. The van der Waals surface area contributed by atoms with Gasteiger partial charge in [-0.05, 0) is 86.6 Å². The molecule has 1 saturated carbocycles. The number of hydrogen-bond acceptors (Lipinski definition) is 9. The molecule has 1 aromatic heterocycles. The number of amides is 1. The Morgan fingerprint density at radius 3 is 1.96 bits per heavy atom. The molecule has 1 aromatic carbocycles. The van der Waals surface area contributed by atoms with Crippen LogP contribution < -0.4 is 4.90 Å². The first kappa shape index (κ1) is 39.1. The maximum absolute atomic E-state index is 13.8. The number of rotatable bonds is 10. The third-order valence-corrected chi connectivity index (χ3v) is 10.5. The molecule has 286 valence electrons. The lowest BCUT2D eigenvalue weighted by Gasteiger charge is -2.47. The van der Waals surface area contributed by atoms with Gasteiger partial charge in [0, 0.05) is 62.8 Å². The summed E-state index contributed by atoms with van der Waals surface area (Å²) in [7, 11) is 3.20. The highest BCUT2D eigenvalue weighted by Crippen LogP contribution is 2.39. The molecule has 1 aliphatic carbocycles. The molecule has 2 aliphatic heterocycles. The fraction of sp³-hybridized carbons (Fsp3) is 0.639. The molecule has 3 heterocycles. The number of hydrazone groups is 1. The summed E-state index contributed by atoms with van der Waals surface area (Å²) in [6, 6.07) is 0.508. The SMILES string of the molecule is CC[C@@H]1CC(N(Cc2cc(C(F)(F)F)cc(C(F)(F)F)c2)c2ncc(C3C=NN(C)C3)cn2)C[C@H](CC)N1C(=O)OCC1CCC(C(=O)OC)CC1. The zero-order chi connectivity index (χ0) is 37.8. The van der Waals surface area contributed by atoms with E-state index in [1.165, 1.54) is 7.11 Å². The molecule has 0 N–H and O–H groups in total. The third kappa shape index (κ3) is 9.27. The van der Waals surface area contributed by atoms with Crippen molar-refractivity contribution in [1.29, 1.82) is 0 Å². The molecule has 4 atom stereocenters. The highest BCUT2D eigenvalue weighted by Gasteiger charge is 2.42. The van der Waals surface area contributed by atoms with Crippen LogP contribution in [0.3, 0.4) is 0 Å². The molecule has 5 rings (SSSR count). The number of carbonyl (C=O) groups is 2. The van der Waals surface area contributed by atoms with Crippen LogP contribution in [-0.2, 0) is 33.2 Å². The zero-order valence-corrected chi connectivity index (χ0v) is 29.8. The number of benzene rings is 1. The van der Waals surface area contributed by atoms with Crippen molar-refractivity contribution in [3.8, 4) is 0 Å². The fourth-order valence-corrected chi connectivity index (χ4v) is 7.63. The number of likely N-dealkylation sites (tertiary alicyclic amines) is 1. The van der Waals surface area contributed by atoms with Crippen molar-refractivity contribution in [3.05, 3.63) is 52.8 Å². The molecule has 52 heavy (non-hydrogen) atoms. The predicted octanol–water partition coefficient (Wildman–Crippen LogP) is 7.67. The molecular formula is C36H46F6N6O4. The average molecular weight is 741 g/mol. The summed E-state index contributed by atoms with van der Waals surface area (Å²) >= 11 is 0. The first-order chi connectivity index (χ1) is 24.6. The lowest BCUT2D eigenvalue weighted by molar-refractivity contribution is -0.147. The Hall–Kier alpha value is -4.11. The van der Waals surface area contributed by atoms with Gasteiger partial charge in [0.1, 0.15) is 0 Å². The van der Waals surface area contributed by atoms with E-state index in [2.05, 4.69) is 15.1 Å². The van der Waals surface area contributed by atoms with E-state index >= 15 is 0 Å². The van der Waals surface area contributed by atoms with Gasteiger partial charge in [-0.3, -0.25) is 9.80 Å². The van der Waals surface area contributed by atoms with Crippen LogP contribution in [0, 0.1) is 11.8 Å². The van der Waals surface area contributed by atoms with Gasteiger partial charge in [-0.15, -0.1) is 0 Å². The minimum absolute atomic E-state index is 0.0728. The quantitative estimate of drug-likeness (QED) is 0.181. The van der Waals surface area contributed by atoms with Gasteiger partial charge in [0.25, 0.3) is 0 Å². The van der Waals surface area contributed by atoms with Gasteiger partial charge >= 0.3 is 24.4 Å². The van der Waals surface area contributed by atoms with Gasteiger partial charge in [-0.25, -0.2) is 14.8 Å². The topological polar surface area (TPSA) is 100 Å². The molecule has 0 radical (unpaired) electrons. The number of alkyl halides is 6. The number of hydrogen-bond donors (Lipinski definition) is 0. The largest absolute Gasteiger partial charge is 0.469 e. The predicted molar refractivity (Wildman–Crippen MR) is 180 cm³/mol. The van der Waals surface area contributed by atoms with Crippen molar-refractivity contribution in [2.45, 2.75) is 108 Å². The van der Waals surface area contributed by atoms with Crippen molar-refractivity contribution in [1.82, 2.24) is 19.9 Å². The molecule has 2 fully saturated rings. The number of likely N-dealkylation sites (N-methyl/N-ethyl adjacent to an activating group) is 1. The van der Waals surface area contributed by atoms with Gasteiger partial charge in [-0.2, -0.15) is 31.4 Å². The maximum Gasteiger partial charge on any atom is 0.416 e. The highest BCUT2D eigenvalue weighted by atomic mass is 19.4. The Kier molecular flexibility index (Phi) is 12.2. The van der Waals surface area contributed by atoms with Gasteiger partial charge in [0.2, 0.25) is 5.95 Å². The van der Waals surface area contributed by atoms with Crippen molar-refractivity contribution in [2.75, 3.05) is 32.2 Å². The summed E-state index contributed by atoms with van der Waals surface area (Å²) in [6.45, 7) is 4.34. The minimum atomic E-state index is -5.00. The van der Waals surface area contributed by atoms with E-state index in [1.54, 1.807) is 33.4 Å². The Balaban J connectivity index is 1.40. The second-order valence-corrected chi connectivity index (χ2v) is 14.0. The minimum Gasteiger partial charge on any atom is -0.469 e. The standard InChI is InChI=1S/C36H46F6N6O4/c1-5-29-14-31(15-30(6-2)48(29)34(50)52-21-22-7-9-24(10-8-22)32(49)51-4)47(33-43-16-25(17-44-33)26-18-45-46(3)20-26)19-23-11-27(35(37,38)39)13-28(12-23)36(40,41)42/h11-13,16-18,22,24,26,29-31H,5-10,14-15,19-21H2,1-4H3/t22?,24?,26?,29-,30+,31?. The number of piperidine rings is 1. The van der Waals surface area contributed by atoms with E-state index in [-0.39, 0.29) is 66.5 Å². The van der Waals surface area contributed by atoms with Crippen LogP contribution in [0.4, 0.5) is 37.1 Å². The number of halogens is 6. The monoisotopic (exact) mass is 740 g/mol. The maximum atomic E-state index is 13.8. The van der Waals surface area contributed by atoms with Crippen LogP contribution in [0.25, 0.3) is 0 Å². The Morgan fingerprint density at radius 2 is 1.48 bits per heavy atom. The van der Waals surface area contributed by atoms with E-state index in [0.717, 1.165) is 30.5 Å². The normalized spacial score (nSPS) is 25.3. The van der Waals surface area contributed by atoms with Crippen LogP contribution in [0.2, 0.25) is 0 Å². The summed E-state index contributed by atoms with van der Waals surface area (Å²) in [6.07, 6.45) is -0.892. The van der Waals surface area contributed by atoms with Gasteiger partial charge in [0.15, 0.2) is 0 Å². The van der Waals surface area contributed by atoms with Gasteiger partial charge < -0.3 is 19.3 Å². The molecule has 16 heteroatoms. The fourth-order valence-electron chi connectivity index (χ4n) is 7.63. The number of ether oxygens (including phenoxy) is 2. The van der Waals surface area contributed by atoms with Gasteiger partial charge in [0.05, 0.1) is 30.8 Å². The molecule has 1 saturated heterocycles. The van der Waals surface area contributed by atoms with E-state index in [4.69, 9.17) is 9.47 Å². The smallest absolute Gasteiger partial charge is 0.416 e. The van der Waals surface area contributed by atoms with Crippen LogP contribution >= 0.6 is 0 Å². The van der Waals surface area contributed by atoms with Crippen LogP contribution in [0.1, 0.15) is 93.4 Å². The van der Waals surface area contributed by atoms with Crippen LogP contribution in [0.5, 0.6) is 0 Å². The van der Waals surface area contributed by atoms with Crippen LogP contribution in [0.15, 0.2) is 35.7 Å². The molecule has 3 aliphatic rings. The number of anilines is 1. The lowest BCUT2D eigenvalue weighted by Crippen LogP contribution is -2.57. The average Bonchev–Trinajstić information content (AvgIpc) is 3.57. The lowest BCUT2D eigenvalue weighted by atomic mass is 9.82. The Labute approximate surface area is 299 Å². The number of nitrogens with zero attached hydrogens (tertiary/aromatic N) is 6. The molecular weight excluding hydrogens is 694 g/mol. The Bertz CT molecular complexity index is 1520. The van der Waals surface area contributed by atoms with E-state index in [1.807, 2.05) is 20.9 Å². The van der Waals surface area contributed by atoms with Crippen molar-refractivity contribution in [2.24, 2.45) is 16.9 Å². The highest BCUT2D eigenvalue weighted by molar-refractivity contribution is 5.72. The number of methoxy groups -OCH3 is 1. The van der Waals surface area contributed by atoms with Crippen molar-refractivity contribution in [3.63, 3.8) is 0 Å². The summed E-state index contributed by atoms with van der Waals surface area (Å²) in [4.78, 5) is 38.1. The van der Waals surface area contributed by atoms with E-state index < -0.39 is 35.6 Å². The third-order valence-electron chi connectivity index (χ3n) is 10.5. The second-order valence-electron chi connectivity index (χ2n) is 14.0. The first-order valence-electron chi connectivity index (χ1n) is 17.8. The van der Waals surface area contributed by atoms with Crippen LogP contribution in [-0.4, -0.2) is 83.6 Å². The molecule has 0 bridgehead atoms. The van der Waals surface area contributed by atoms with Gasteiger partial charge in [-0.1, -0.05) is 13.8 Å². The summed E-state index contributed by atoms with van der Waals surface area (Å²) < 4.78 is 93.8. The summed E-state index contributed by atoms with van der Waals surface area (Å²) in [5, 5.41) is 6.01. The molecule has 2 unspecified atom stereocenters. The molecule has 10 nitrogen and oxygen atoms in total. The second kappa shape index (κ2) is 16.3. The zero-order valence-electron chi connectivity index (χ0n) is 29.8. The number of esters is 1. The number of carbonyl (C=O) groups excluding carboxylic acids is 2. The van der Waals surface area contributed by atoms with E-state index in [9.17, 15) is 35.9 Å². The summed E-state index contributed by atoms with van der Waals surface area (Å²) in [5.74, 6) is -0.177. The van der Waals surface area contributed by atoms with E-state index in [0.29, 0.717) is 45.1 Å². The van der Waals surface area contributed by atoms with Crippen molar-refractivity contribution >= 4 is 24.2 Å².